The van der Waals surface area contributed by atoms with Crippen LogP contribution in [0, 0.1) is 0 Å². The molecular formula is C58H92O6. The maximum atomic E-state index is 12.8. The third-order valence-corrected chi connectivity index (χ3v) is 10.4. The molecule has 0 aromatic carbocycles. The lowest BCUT2D eigenvalue weighted by Crippen LogP contribution is -2.30. The van der Waals surface area contributed by atoms with Gasteiger partial charge in [0.05, 0.1) is 0 Å². The lowest BCUT2D eigenvalue weighted by molar-refractivity contribution is -0.167. The molecule has 0 aliphatic carbocycles. The first kappa shape index (κ1) is 59.8. The Morgan fingerprint density at radius 2 is 0.609 bits per heavy atom. The Kier molecular flexibility index (Phi) is 48.1. The highest BCUT2D eigenvalue weighted by atomic mass is 16.6. The smallest absolute Gasteiger partial charge is 0.306 e. The van der Waals surface area contributed by atoms with Crippen molar-refractivity contribution in [2.24, 2.45) is 0 Å². The molecule has 64 heavy (non-hydrogen) atoms. The average molecular weight is 885 g/mol. The second kappa shape index (κ2) is 51.4. The number of unbranched alkanes of at least 4 members (excludes halogenated alkanes) is 20. The normalized spacial score (nSPS) is 13.1. The van der Waals surface area contributed by atoms with Gasteiger partial charge < -0.3 is 14.2 Å². The molecule has 1 atom stereocenters. The van der Waals surface area contributed by atoms with Gasteiger partial charge in [-0.05, 0) is 83.5 Å². The van der Waals surface area contributed by atoms with Crippen LogP contribution in [-0.4, -0.2) is 37.2 Å². The molecule has 0 aromatic heterocycles. The maximum Gasteiger partial charge on any atom is 0.306 e. The topological polar surface area (TPSA) is 78.9 Å². The fourth-order valence-corrected chi connectivity index (χ4v) is 6.57. The van der Waals surface area contributed by atoms with E-state index >= 15 is 0 Å². The number of ether oxygens (including phenoxy) is 3. The quantitative estimate of drug-likeness (QED) is 0.0262. The van der Waals surface area contributed by atoms with Crippen LogP contribution in [0.4, 0.5) is 0 Å². The number of allylic oxidation sites excluding steroid dienone is 20. The minimum absolute atomic E-state index is 0.113. The third-order valence-electron chi connectivity index (χ3n) is 10.4. The van der Waals surface area contributed by atoms with Gasteiger partial charge in [-0.1, -0.05) is 226 Å². The van der Waals surface area contributed by atoms with Crippen molar-refractivity contribution in [2.45, 2.75) is 213 Å². The molecule has 0 heterocycles. The summed E-state index contributed by atoms with van der Waals surface area (Å²) in [6.45, 7) is 6.27. The van der Waals surface area contributed by atoms with Crippen molar-refractivity contribution >= 4 is 17.9 Å². The molecule has 0 bridgehead atoms. The summed E-state index contributed by atoms with van der Waals surface area (Å²) in [6, 6.07) is 0. The summed E-state index contributed by atoms with van der Waals surface area (Å²) in [6.07, 6.45) is 70.4. The van der Waals surface area contributed by atoms with E-state index in [4.69, 9.17) is 14.2 Å². The summed E-state index contributed by atoms with van der Waals surface area (Å²) in [4.78, 5) is 38.0. The minimum atomic E-state index is -0.816. The van der Waals surface area contributed by atoms with Crippen LogP contribution in [0.2, 0.25) is 0 Å². The average Bonchev–Trinajstić information content (AvgIpc) is 3.29. The Hall–Kier alpha value is -4.19. The third kappa shape index (κ3) is 48.8. The van der Waals surface area contributed by atoms with Crippen LogP contribution >= 0.6 is 0 Å². The first-order chi connectivity index (χ1) is 31.5. The Morgan fingerprint density at radius 1 is 0.328 bits per heavy atom. The zero-order valence-electron chi connectivity index (χ0n) is 41.0. The van der Waals surface area contributed by atoms with Crippen LogP contribution < -0.4 is 0 Å². The molecule has 0 rings (SSSR count). The fourth-order valence-electron chi connectivity index (χ4n) is 6.57. The van der Waals surface area contributed by atoms with Crippen molar-refractivity contribution in [1.82, 2.24) is 0 Å². The summed E-state index contributed by atoms with van der Waals surface area (Å²) in [7, 11) is 0. The van der Waals surface area contributed by atoms with Gasteiger partial charge in [-0.25, -0.2) is 0 Å². The van der Waals surface area contributed by atoms with Crippen molar-refractivity contribution in [3.8, 4) is 0 Å². The van der Waals surface area contributed by atoms with Gasteiger partial charge >= 0.3 is 17.9 Å². The highest BCUT2D eigenvalue weighted by Crippen LogP contribution is 2.13. The fraction of sp³-hybridized carbons (Fsp3) is 0.603. The van der Waals surface area contributed by atoms with Crippen molar-refractivity contribution in [3.63, 3.8) is 0 Å². The zero-order chi connectivity index (χ0) is 46.5. The number of hydrogen-bond donors (Lipinski definition) is 0. The Morgan fingerprint density at radius 3 is 0.984 bits per heavy atom. The lowest BCUT2D eigenvalue weighted by Gasteiger charge is -2.18. The first-order valence-corrected chi connectivity index (χ1v) is 25.7. The molecule has 0 aliphatic rings. The van der Waals surface area contributed by atoms with Gasteiger partial charge in [-0.3, -0.25) is 14.4 Å². The summed E-state index contributed by atoms with van der Waals surface area (Å²) >= 11 is 0. The van der Waals surface area contributed by atoms with Crippen molar-refractivity contribution in [2.75, 3.05) is 13.2 Å². The zero-order valence-corrected chi connectivity index (χ0v) is 41.0. The molecule has 0 N–H and O–H groups in total. The van der Waals surface area contributed by atoms with E-state index in [1.54, 1.807) is 0 Å². The lowest BCUT2D eigenvalue weighted by atomic mass is 10.1. The number of esters is 3. The Labute approximate surface area is 392 Å². The van der Waals surface area contributed by atoms with E-state index in [1.165, 1.54) is 51.4 Å². The van der Waals surface area contributed by atoms with E-state index in [0.717, 1.165) is 116 Å². The van der Waals surface area contributed by atoms with Crippen molar-refractivity contribution in [3.05, 3.63) is 122 Å². The first-order valence-electron chi connectivity index (χ1n) is 25.7. The van der Waals surface area contributed by atoms with E-state index in [1.807, 2.05) is 60.8 Å². The number of rotatable bonds is 44. The molecule has 0 fully saturated rings. The maximum absolute atomic E-state index is 12.8. The standard InChI is InChI=1S/C58H92O6/c1-4-7-10-13-16-19-22-25-27-28-29-31-33-36-39-42-45-48-51-57(60)63-54-55(53-62-56(59)50-47-44-41-38-35-32-24-21-18-15-12-9-6-3)64-58(61)52-49-46-43-40-37-34-30-26-23-20-17-14-11-8-5-2/h8-9,11-12,14-15,17-18,20-21,23-24,26-32,35,55H,4-7,10,13,16,19,22,25,33-34,36-54H2,1-3H3/b11-8+,12-9+,17-14+,18-15+,23-20+,24-21+,28-27+,30-26+,31-29+,35-32+. The van der Waals surface area contributed by atoms with Crippen LogP contribution in [0.3, 0.4) is 0 Å². The highest BCUT2D eigenvalue weighted by Gasteiger charge is 2.19. The van der Waals surface area contributed by atoms with Gasteiger partial charge in [-0.15, -0.1) is 0 Å². The van der Waals surface area contributed by atoms with Gasteiger partial charge in [0.15, 0.2) is 6.10 Å². The molecule has 1 unspecified atom stereocenters. The van der Waals surface area contributed by atoms with Crippen molar-refractivity contribution in [1.29, 1.82) is 0 Å². The van der Waals surface area contributed by atoms with Gasteiger partial charge in [0.1, 0.15) is 13.2 Å². The molecule has 360 valence electrons. The van der Waals surface area contributed by atoms with Crippen LogP contribution in [0.15, 0.2) is 122 Å². The van der Waals surface area contributed by atoms with Crippen LogP contribution in [0.5, 0.6) is 0 Å². The summed E-state index contributed by atoms with van der Waals surface area (Å²) in [5, 5.41) is 0. The van der Waals surface area contributed by atoms with Crippen LogP contribution in [0.1, 0.15) is 207 Å². The molecule has 0 amide bonds. The SMILES string of the molecule is CC/C=C/C=C/C=C/C=C/CCCCCCCC(=O)OC(COC(=O)CCCCC/C=C/C=C/C=C/C=C/CC)COC(=O)CCCCCCC/C=C/C=C/CCCCCCCCC. The van der Waals surface area contributed by atoms with E-state index in [-0.39, 0.29) is 37.5 Å². The van der Waals surface area contributed by atoms with E-state index in [0.29, 0.717) is 12.8 Å². The Balaban J connectivity index is 4.52. The van der Waals surface area contributed by atoms with Gasteiger partial charge in [0.2, 0.25) is 0 Å². The predicted octanol–water partition coefficient (Wildman–Crippen LogP) is 16.9. The van der Waals surface area contributed by atoms with Crippen molar-refractivity contribution < 1.29 is 28.6 Å². The van der Waals surface area contributed by atoms with E-state index in [9.17, 15) is 14.4 Å². The summed E-state index contributed by atoms with van der Waals surface area (Å²) in [5.74, 6) is -0.998. The second-order valence-corrected chi connectivity index (χ2v) is 16.5. The Bertz CT molecular complexity index is 1390. The van der Waals surface area contributed by atoms with E-state index in [2.05, 4.69) is 81.5 Å². The molecule has 6 heteroatoms. The molecular weight excluding hydrogens is 793 g/mol. The summed E-state index contributed by atoms with van der Waals surface area (Å²) < 4.78 is 16.7. The molecule has 6 nitrogen and oxygen atoms in total. The van der Waals surface area contributed by atoms with Gasteiger partial charge in [0.25, 0.3) is 0 Å². The largest absolute Gasteiger partial charge is 0.462 e. The molecule has 0 saturated heterocycles. The van der Waals surface area contributed by atoms with Crippen LogP contribution in [-0.2, 0) is 28.6 Å². The molecule has 0 radical (unpaired) electrons. The molecule has 0 aliphatic heterocycles. The molecule has 0 spiro atoms. The highest BCUT2D eigenvalue weighted by molar-refractivity contribution is 5.71. The molecule has 0 saturated carbocycles. The number of carbonyl (C=O) groups excluding carboxylic acids is 3. The van der Waals surface area contributed by atoms with Gasteiger partial charge in [0, 0.05) is 19.3 Å². The number of carbonyl (C=O) groups is 3. The summed E-state index contributed by atoms with van der Waals surface area (Å²) in [5.41, 5.74) is 0. The van der Waals surface area contributed by atoms with Crippen LogP contribution in [0.25, 0.3) is 0 Å². The predicted molar refractivity (Wildman–Crippen MR) is 274 cm³/mol. The molecule has 0 aromatic rings. The second-order valence-electron chi connectivity index (χ2n) is 16.5. The number of hydrogen-bond acceptors (Lipinski definition) is 6. The monoisotopic (exact) mass is 885 g/mol. The minimum Gasteiger partial charge on any atom is -0.462 e. The van der Waals surface area contributed by atoms with E-state index < -0.39 is 6.10 Å². The van der Waals surface area contributed by atoms with Gasteiger partial charge in [-0.2, -0.15) is 0 Å².